The predicted molar refractivity (Wildman–Crippen MR) is 126 cm³/mol. The standard InChI is InChI=1S/C25H32N4O.ClH/c1-6-19-11-10-12-20(7-2)24(19)28-25(30)21(16-26)17-27-23-14-13-22(15-18(23)5)29(8-3)9-4;/h10-15,17,27H,6-9H2,1-5H3,(H,28,30);1H/p-1/b21-17-;. The van der Waals surface area contributed by atoms with Crippen molar-refractivity contribution in [2.24, 2.45) is 0 Å². The van der Waals surface area contributed by atoms with E-state index in [2.05, 4.69) is 49.3 Å². The lowest BCUT2D eigenvalue weighted by atomic mass is 10.0. The maximum atomic E-state index is 12.8. The van der Waals surface area contributed by atoms with Gasteiger partial charge in [-0.15, -0.1) is 0 Å². The van der Waals surface area contributed by atoms with Crippen LogP contribution in [0.15, 0.2) is 48.2 Å². The number of carbonyl (C=O) groups is 1. The van der Waals surface area contributed by atoms with E-state index in [0.29, 0.717) is 0 Å². The normalized spacial score (nSPS) is 10.6. The molecule has 0 saturated carbocycles. The summed E-state index contributed by atoms with van der Waals surface area (Å²) in [4.78, 5) is 15.0. The Morgan fingerprint density at radius 3 is 2.16 bits per heavy atom. The molecule has 0 saturated heterocycles. The number of nitriles is 1. The zero-order chi connectivity index (χ0) is 22.1. The summed E-state index contributed by atoms with van der Waals surface area (Å²) in [5.74, 6) is -0.405. The quantitative estimate of drug-likeness (QED) is 0.465. The molecule has 0 aromatic heterocycles. The van der Waals surface area contributed by atoms with E-state index < -0.39 is 5.91 Å². The highest BCUT2D eigenvalue weighted by Crippen LogP contribution is 2.24. The maximum absolute atomic E-state index is 12.8. The largest absolute Gasteiger partial charge is 1.00 e. The molecular weight excluding hydrogens is 408 g/mol. The van der Waals surface area contributed by atoms with E-state index in [9.17, 15) is 10.1 Å². The second kappa shape index (κ2) is 12.7. The Morgan fingerprint density at radius 2 is 1.68 bits per heavy atom. The number of nitrogens with zero attached hydrogens (tertiary/aromatic N) is 2. The predicted octanol–water partition coefficient (Wildman–Crippen LogP) is 2.43. The molecule has 0 fully saturated rings. The molecule has 0 aliphatic carbocycles. The van der Waals surface area contributed by atoms with E-state index in [-0.39, 0.29) is 18.0 Å². The van der Waals surface area contributed by atoms with Gasteiger partial charge in [0.15, 0.2) is 0 Å². The fourth-order valence-corrected chi connectivity index (χ4v) is 3.48. The average Bonchev–Trinajstić information content (AvgIpc) is 2.76. The number of amides is 1. The molecule has 31 heavy (non-hydrogen) atoms. The summed E-state index contributed by atoms with van der Waals surface area (Å²) >= 11 is 0. The third-order valence-electron chi connectivity index (χ3n) is 5.31. The van der Waals surface area contributed by atoms with Gasteiger partial charge >= 0.3 is 0 Å². The van der Waals surface area contributed by atoms with Crippen LogP contribution in [0.5, 0.6) is 0 Å². The summed E-state index contributed by atoms with van der Waals surface area (Å²) in [6, 6.07) is 14.2. The molecule has 1 amide bonds. The van der Waals surface area contributed by atoms with Gasteiger partial charge in [-0.05, 0) is 68.5 Å². The Bertz CT molecular complexity index is 936. The molecule has 0 heterocycles. The van der Waals surface area contributed by atoms with Gasteiger partial charge in [0.2, 0.25) is 0 Å². The zero-order valence-corrected chi connectivity index (χ0v) is 19.8. The number of halogens is 1. The van der Waals surface area contributed by atoms with Crippen molar-refractivity contribution in [2.75, 3.05) is 28.6 Å². The lowest BCUT2D eigenvalue weighted by molar-refractivity contribution is -0.112. The Hall–Kier alpha value is -2.97. The van der Waals surface area contributed by atoms with Gasteiger partial charge in [-0.3, -0.25) is 4.79 Å². The van der Waals surface area contributed by atoms with Crippen LogP contribution in [-0.4, -0.2) is 19.0 Å². The van der Waals surface area contributed by atoms with Crippen LogP contribution < -0.4 is 27.9 Å². The van der Waals surface area contributed by atoms with Gasteiger partial charge in [0.05, 0.1) is 0 Å². The van der Waals surface area contributed by atoms with Crippen LogP contribution in [0.4, 0.5) is 17.1 Å². The SMILES string of the molecule is CCc1cccc(CC)c1NC(=O)/C(C#N)=C\Nc1ccc(N(CC)CC)cc1C.[Cl-]. The topological polar surface area (TPSA) is 68.2 Å². The van der Waals surface area contributed by atoms with Crippen molar-refractivity contribution in [3.8, 4) is 6.07 Å². The summed E-state index contributed by atoms with van der Waals surface area (Å²) in [5, 5.41) is 15.6. The number of benzene rings is 2. The van der Waals surface area contributed by atoms with Crippen molar-refractivity contribution < 1.29 is 17.2 Å². The van der Waals surface area contributed by atoms with E-state index in [1.807, 2.05) is 43.3 Å². The zero-order valence-electron chi connectivity index (χ0n) is 19.1. The number of hydrogen-bond donors (Lipinski definition) is 2. The van der Waals surface area contributed by atoms with E-state index in [0.717, 1.165) is 59.7 Å². The molecule has 2 aromatic carbocycles. The third kappa shape index (κ3) is 6.50. The highest BCUT2D eigenvalue weighted by molar-refractivity contribution is 6.07. The van der Waals surface area contributed by atoms with Crippen molar-refractivity contribution >= 4 is 23.0 Å². The average molecular weight is 440 g/mol. The number of aryl methyl sites for hydroxylation is 3. The lowest BCUT2D eigenvalue weighted by Crippen LogP contribution is -3.00. The van der Waals surface area contributed by atoms with Crippen molar-refractivity contribution in [1.29, 1.82) is 5.26 Å². The first kappa shape index (κ1) is 26.1. The smallest absolute Gasteiger partial charge is 0.267 e. The Balaban J connectivity index is 0.00000480. The van der Waals surface area contributed by atoms with E-state index in [1.54, 1.807) is 0 Å². The van der Waals surface area contributed by atoms with Gasteiger partial charge in [-0.2, -0.15) is 5.26 Å². The van der Waals surface area contributed by atoms with Crippen LogP contribution in [0.25, 0.3) is 0 Å². The van der Waals surface area contributed by atoms with Crippen molar-refractivity contribution in [2.45, 2.75) is 47.5 Å². The number of nitrogens with one attached hydrogen (secondary N) is 2. The van der Waals surface area contributed by atoms with Crippen molar-refractivity contribution in [3.63, 3.8) is 0 Å². The summed E-state index contributed by atoms with van der Waals surface area (Å²) < 4.78 is 0. The number of para-hydroxylation sites is 1. The lowest BCUT2D eigenvalue weighted by Gasteiger charge is -2.22. The summed E-state index contributed by atoms with van der Waals surface area (Å²) in [5.41, 5.74) is 6.07. The molecule has 0 aliphatic rings. The Morgan fingerprint density at radius 1 is 1.06 bits per heavy atom. The first-order valence-electron chi connectivity index (χ1n) is 10.6. The summed E-state index contributed by atoms with van der Waals surface area (Å²) in [6.07, 6.45) is 3.10. The fraction of sp³-hybridized carbons (Fsp3) is 0.360. The highest BCUT2D eigenvalue weighted by Gasteiger charge is 2.14. The van der Waals surface area contributed by atoms with E-state index >= 15 is 0 Å². The van der Waals surface area contributed by atoms with Gasteiger partial charge in [0, 0.05) is 36.4 Å². The molecule has 0 unspecified atom stereocenters. The minimum absolute atomic E-state index is 0. The van der Waals surface area contributed by atoms with Gasteiger partial charge in [0.25, 0.3) is 5.91 Å². The van der Waals surface area contributed by atoms with Gasteiger partial charge in [-0.25, -0.2) is 0 Å². The summed E-state index contributed by atoms with van der Waals surface area (Å²) in [6.45, 7) is 12.3. The molecule has 2 N–H and O–H groups in total. The number of hydrogen-bond acceptors (Lipinski definition) is 4. The van der Waals surface area contributed by atoms with Crippen molar-refractivity contribution in [3.05, 3.63) is 64.9 Å². The Kier molecular flexibility index (Phi) is 10.6. The van der Waals surface area contributed by atoms with E-state index in [4.69, 9.17) is 0 Å². The molecular formula is C25H32ClN4O-. The van der Waals surface area contributed by atoms with Crippen LogP contribution in [0.1, 0.15) is 44.4 Å². The third-order valence-corrected chi connectivity index (χ3v) is 5.31. The molecule has 2 aromatic rings. The molecule has 0 atom stereocenters. The minimum Gasteiger partial charge on any atom is -1.00 e. The molecule has 0 radical (unpaired) electrons. The molecule has 0 bridgehead atoms. The van der Waals surface area contributed by atoms with E-state index in [1.165, 1.54) is 6.20 Å². The van der Waals surface area contributed by atoms with Gasteiger partial charge < -0.3 is 27.9 Å². The van der Waals surface area contributed by atoms with Crippen LogP contribution >= 0.6 is 0 Å². The van der Waals surface area contributed by atoms with Gasteiger partial charge in [-0.1, -0.05) is 32.0 Å². The van der Waals surface area contributed by atoms with Gasteiger partial charge in [0.1, 0.15) is 11.6 Å². The Labute approximate surface area is 192 Å². The molecule has 166 valence electrons. The fourth-order valence-electron chi connectivity index (χ4n) is 3.48. The first-order chi connectivity index (χ1) is 14.5. The second-order valence-corrected chi connectivity index (χ2v) is 7.10. The monoisotopic (exact) mass is 439 g/mol. The van der Waals surface area contributed by atoms with Crippen LogP contribution in [0.3, 0.4) is 0 Å². The summed E-state index contributed by atoms with van der Waals surface area (Å²) in [7, 11) is 0. The van der Waals surface area contributed by atoms with Crippen LogP contribution in [0, 0.1) is 18.3 Å². The number of carbonyl (C=O) groups excluding carboxylic acids is 1. The first-order valence-corrected chi connectivity index (χ1v) is 10.6. The molecule has 0 aliphatic heterocycles. The second-order valence-electron chi connectivity index (χ2n) is 7.10. The maximum Gasteiger partial charge on any atom is 0.267 e. The minimum atomic E-state index is -0.405. The van der Waals surface area contributed by atoms with Crippen molar-refractivity contribution in [1.82, 2.24) is 0 Å². The number of anilines is 3. The molecule has 6 heteroatoms. The highest BCUT2D eigenvalue weighted by atomic mass is 35.5. The van der Waals surface area contributed by atoms with Crippen LogP contribution in [-0.2, 0) is 17.6 Å². The number of rotatable bonds is 9. The molecule has 2 rings (SSSR count). The molecule has 5 nitrogen and oxygen atoms in total. The van der Waals surface area contributed by atoms with Crippen LogP contribution in [0.2, 0.25) is 0 Å². The molecule has 0 spiro atoms.